The van der Waals surface area contributed by atoms with E-state index in [0.717, 1.165) is 35.0 Å². The maximum Gasteiger partial charge on any atom is 0.224 e. The van der Waals surface area contributed by atoms with Crippen LogP contribution in [-0.2, 0) is 11.2 Å². The van der Waals surface area contributed by atoms with E-state index in [1.54, 1.807) is 0 Å². The average molecular weight is 324 g/mol. The van der Waals surface area contributed by atoms with Crippen LogP contribution in [-0.4, -0.2) is 16.9 Å². The molecule has 0 unspecified atom stereocenters. The van der Waals surface area contributed by atoms with Gasteiger partial charge in [0.15, 0.2) is 0 Å². The van der Waals surface area contributed by atoms with Gasteiger partial charge in [0, 0.05) is 17.1 Å². The molecule has 24 heavy (non-hydrogen) atoms. The fourth-order valence-electron chi connectivity index (χ4n) is 3.87. The second-order valence-electron chi connectivity index (χ2n) is 7.10. The number of aryl methyl sites for hydroxylation is 2. The second-order valence-corrected chi connectivity index (χ2v) is 7.10. The molecule has 3 rings (SSSR count). The molecule has 3 heteroatoms. The average Bonchev–Trinajstić information content (AvgIpc) is 2.54. The highest BCUT2D eigenvalue weighted by atomic mass is 16.1. The molecule has 1 fully saturated rings. The number of rotatable bonds is 3. The van der Waals surface area contributed by atoms with E-state index in [9.17, 15) is 4.79 Å². The number of benzene rings is 1. The third kappa shape index (κ3) is 3.95. The van der Waals surface area contributed by atoms with Crippen molar-refractivity contribution in [1.82, 2.24) is 10.3 Å². The van der Waals surface area contributed by atoms with Gasteiger partial charge in [-0.2, -0.15) is 0 Å². The molecule has 0 saturated heterocycles. The summed E-state index contributed by atoms with van der Waals surface area (Å²) in [5, 5.41) is 4.42. The first-order valence-corrected chi connectivity index (χ1v) is 9.29. The third-order valence-corrected chi connectivity index (χ3v) is 5.29. The predicted octanol–water partition coefficient (Wildman–Crippen LogP) is 4.62. The molecule has 1 aliphatic carbocycles. The molecule has 1 amide bonds. The summed E-state index contributed by atoms with van der Waals surface area (Å²) >= 11 is 0. The number of nitrogens with one attached hydrogen (secondary N) is 1. The highest BCUT2D eigenvalue weighted by Gasteiger charge is 2.17. The molecule has 1 heterocycles. The molecule has 0 spiro atoms. The Kier molecular flexibility index (Phi) is 5.49. The van der Waals surface area contributed by atoms with Crippen LogP contribution in [0.5, 0.6) is 0 Å². The lowest BCUT2D eigenvalue weighted by molar-refractivity contribution is -0.121. The zero-order chi connectivity index (χ0) is 16.9. The van der Waals surface area contributed by atoms with Gasteiger partial charge in [0.05, 0.1) is 11.9 Å². The molecule has 0 bridgehead atoms. The van der Waals surface area contributed by atoms with Crippen LogP contribution in [0.2, 0.25) is 0 Å². The largest absolute Gasteiger partial charge is 0.353 e. The molecule has 3 nitrogen and oxygen atoms in total. The molecule has 0 atom stereocenters. The summed E-state index contributed by atoms with van der Waals surface area (Å²) in [7, 11) is 0. The van der Waals surface area contributed by atoms with Crippen LogP contribution in [0.3, 0.4) is 0 Å². The van der Waals surface area contributed by atoms with Crippen LogP contribution >= 0.6 is 0 Å². The van der Waals surface area contributed by atoms with Gasteiger partial charge in [0.2, 0.25) is 5.91 Å². The molecule has 1 aromatic heterocycles. The van der Waals surface area contributed by atoms with Crippen molar-refractivity contribution in [2.24, 2.45) is 0 Å². The number of carbonyl (C=O) groups is 1. The minimum absolute atomic E-state index is 0.142. The van der Waals surface area contributed by atoms with Crippen molar-refractivity contribution in [3.8, 4) is 0 Å². The molecule has 1 aromatic carbocycles. The number of pyridine rings is 1. The van der Waals surface area contributed by atoms with Crippen molar-refractivity contribution in [2.75, 3.05) is 0 Å². The lowest BCUT2D eigenvalue weighted by atomic mass is 9.96. The Bertz CT molecular complexity index is 715. The minimum Gasteiger partial charge on any atom is -0.353 e. The summed E-state index contributed by atoms with van der Waals surface area (Å²) < 4.78 is 0. The van der Waals surface area contributed by atoms with Gasteiger partial charge < -0.3 is 5.32 Å². The zero-order valence-electron chi connectivity index (χ0n) is 14.9. The number of hydrogen-bond donors (Lipinski definition) is 1. The first-order valence-electron chi connectivity index (χ1n) is 9.29. The molecule has 128 valence electrons. The van der Waals surface area contributed by atoms with Crippen LogP contribution in [0.4, 0.5) is 0 Å². The van der Waals surface area contributed by atoms with Crippen molar-refractivity contribution in [3.05, 3.63) is 41.1 Å². The first kappa shape index (κ1) is 16.9. The highest BCUT2D eigenvalue weighted by Crippen LogP contribution is 2.23. The molecular weight excluding hydrogens is 296 g/mol. The van der Waals surface area contributed by atoms with Gasteiger partial charge in [-0.1, -0.05) is 50.3 Å². The van der Waals surface area contributed by atoms with Crippen molar-refractivity contribution >= 4 is 16.8 Å². The van der Waals surface area contributed by atoms with Gasteiger partial charge in [-0.15, -0.1) is 0 Å². The monoisotopic (exact) mass is 324 g/mol. The number of aromatic nitrogens is 1. The van der Waals surface area contributed by atoms with Gasteiger partial charge in [0.1, 0.15) is 0 Å². The van der Waals surface area contributed by atoms with Gasteiger partial charge in [-0.05, 0) is 43.9 Å². The Morgan fingerprint density at radius 1 is 1.08 bits per heavy atom. The Balaban J connectivity index is 1.73. The van der Waals surface area contributed by atoms with Crippen LogP contribution in [0.25, 0.3) is 10.9 Å². The Labute approximate surface area is 144 Å². The van der Waals surface area contributed by atoms with E-state index >= 15 is 0 Å². The fraction of sp³-hybridized carbons (Fsp3) is 0.524. The van der Waals surface area contributed by atoms with Crippen molar-refractivity contribution in [3.63, 3.8) is 0 Å². The van der Waals surface area contributed by atoms with Gasteiger partial charge in [-0.25, -0.2) is 0 Å². The van der Waals surface area contributed by atoms with Crippen LogP contribution in [0.15, 0.2) is 24.3 Å². The van der Waals surface area contributed by atoms with E-state index in [2.05, 4.69) is 23.3 Å². The molecule has 1 aliphatic rings. The molecule has 0 radical (unpaired) electrons. The van der Waals surface area contributed by atoms with Crippen LogP contribution in [0.1, 0.15) is 61.8 Å². The summed E-state index contributed by atoms with van der Waals surface area (Å²) in [6.45, 7) is 4.12. The van der Waals surface area contributed by atoms with E-state index in [4.69, 9.17) is 0 Å². The normalized spacial score (nSPS) is 16.6. The van der Waals surface area contributed by atoms with Gasteiger partial charge in [-0.3, -0.25) is 9.78 Å². The molecular formula is C21H28N2O. The lowest BCUT2D eigenvalue weighted by Crippen LogP contribution is -2.36. The van der Waals surface area contributed by atoms with Crippen molar-refractivity contribution in [2.45, 2.75) is 71.3 Å². The topological polar surface area (TPSA) is 42.0 Å². The summed E-state index contributed by atoms with van der Waals surface area (Å²) in [5.74, 6) is 0.142. The number of carbonyl (C=O) groups excluding carboxylic acids is 1. The SMILES string of the molecule is Cc1nc2ccccc2c(C)c1CC(=O)NC1CCCCCCC1. The van der Waals surface area contributed by atoms with E-state index in [0.29, 0.717) is 12.5 Å². The van der Waals surface area contributed by atoms with E-state index < -0.39 is 0 Å². The van der Waals surface area contributed by atoms with Crippen molar-refractivity contribution < 1.29 is 4.79 Å². The first-order chi connectivity index (χ1) is 11.6. The number of para-hydroxylation sites is 1. The number of amides is 1. The predicted molar refractivity (Wildman–Crippen MR) is 99.2 cm³/mol. The number of fused-ring (bicyclic) bond motifs is 1. The van der Waals surface area contributed by atoms with Crippen LogP contribution in [0, 0.1) is 13.8 Å². The summed E-state index contributed by atoms with van der Waals surface area (Å²) in [6, 6.07) is 8.52. The molecule has 2 aromatic rings. The van der Waals surface area contributed by atoms with Gasteiger partial charge >= 0.3 is 0 Å². The summed E-state index contributed by atoms with van der Waals surface area (Å²) in [5.41, 5.74) is 4.25. The fourth-order valence-corrected chi connectivity index (χ4v) is 3.87. The smallest absolute Gasteiger partial charge is 0.224 e. The second kappa shape index (κ2) is 7.78. The minimum atomic E-state index is 0.142. The van der Waals surface area contributed by atoms with Gasteiger partial charge in [0.25, 0.3) is 0 Å². The maximum atomic E-state index is 12.6. The Morgan fingerprint density at radius 3 is 2.50 bits per heavy atom. The molecule has 0 aliphatic heterocycles. The van der Waals surface area contributed by atoms with E-state index in [1.165, 1.54) is 37.7 Å². The zero-order valence-corrected chi connectivity index (χ0v) is 14.9. The maximum absolute atomic E-state index is 12.6. The standard InChI is InChI=1S/C21H28N2O/c1-15-18-12-8-9-13-20(18)22-16(2)19(15)14-21(24)23-17-10-6-4-3-5-7-11-17/h8-9,12-13,17H,3-7,10-11,14H2,1-2H3,(H,23,24). The number of hydrogen-bond acceptors (Lipinski definition) is 2. The Hall–Kier alpha value is -1.90. The van der Waals surface area contributed by atoms with E-state index in [1.807, 2.05) is 25.1 Å². The molecule has 1 N–H and O–H groups in total. The third-order valence-electron chi connectivity index (χ3n) is 5.29. The van der Waals surface area contributed by atoms with Crippen molar-refractivity contribution in [1.29, 1.82) is 0 Å². The summed E-state index contributed by atoms with van der Waals surface area (Å²) in [6.07, 6.45) is 9.12. The van der Waals surface area contributed by atoms with Crippen LogP contribution < -0.4 is 5.32 Å². The summed E-state index contributed by atoms with van der Waals surface area (Å²) in [4.78, 5) is 17.3. The molecule has 1 saturated carbocycles. The highest BCUT2D eigenvalue weighted by molar-refractivity contribution is 5.86. The quantitative estimate of drug-likeness (QED) is 0.895. The van der Waals surface area contributed by atoms with E-state index in [-0.39, 0.29) is 5.91 Å². The number of nitrogens with zero attached hydrogens (tertiary/aromatic N) is 1. The lowest BCUT2D eigenvalue weighted by Gasteiger charge is -2.21. The Morgan fingerprint density at radius 2 is 1.75 bits per heavy atom.